The molecule has 0 saturated carbocycles. The Morgan fingerprint density at radius 2 is 1.80 bits per heavy atom. The van der Waals surface area contributed by atoms with Gasteiger partial charge in [-0.2, -0.15) is 0 Å². The smallest absolute Gasteiger partial charge is 0.321 e. The monoisotopic (exact) mass is 348 g/mol. The van der Waals surface area contributed by atoms with Crippen LogP contribution >= 0.6 is 11.3 Å². The van der Waals surface area contributed by atoms with Crippen molar-refractivity contribution in [3.05, 3.63) is 42.5 Å². The van der Waals surface area contributed by atoms with E-state index >= 15 is 0 Å². The first-order valence-corrected chi connectivity index (χ1v) is 9.24. The Kier molecular flexibility index (Phi) is 3.31. The van der Waals surface area contributed by atoms with Crippen LogP contribution < -0.4 is 5.32 Å². The van der Waals surface area contributed by atoms with Gasteiger partial charge < -0.3 is 10.2 Å². The van der Waals surface area contributed by atoms with Crippen LogP contribution in [0.5, 0.6) is 0 Å². The lowest BCUT2D eigenvalue weighted by molar-refractivity contribution is 0.222. The van der Waals surface area contributed by atoms with Crippen molar-refractivity contribution in [2.45, 2.75) is 12.8 Å². The average molecular weight is 348 g/mol. The van der Waals surface area contributed by atoms with Gasteiger partial charge >= 0.3 is 6.03 Å². The highest BCUT2D eigenvalue weighted by Crippen LogP contribution is 2.34. The molecule has 5 nitrogen and oxygen atoms in total. The van der Waals surface area contributed by atoms with E-state index in [2.05, 4.69) is 5.32 Å². The molecule has 1 saturated heterocycles. The molecule has 0 spiro atoms. The number of urea groups is 1. The fraction of sp³-hybridized carbons (Fsp3) is 0.211. The number of aromatic nitrogens is 2. The van der Waals surface area contributed by atoms with Gasteiger partial charge in [0.2, 0.25) is 0 Å². The van der Waals surface area contributed by atoms with Crippen molar-refractivity contribution in [1.82, 2.24) is 14.9 Å². The number of amides is 2. The quantitative estimate of drug-likeness (QED) is 0.546. The van der Waals surface area contributed by atoms with E-state index in [1.807, 2.05) is 47.4 Å². The van der Waals surface area contributed by atoms with Crippen molar-refractivity contribution in [3.8, 4) is 0 Å². The molecular formula is C19H16N4OS. The summed E-state index contributed by atoms with van der Waals surface area (Å²) < 4.78 is 1.13. The molecule has 6 heteroatoms. The molecule has 0 radical (unpaired) electrons. The molecule has 25 heavy (non-hydrogen) atoms. The van der Waals surface area contributed by atoms with Crippen LogP contribution in [0.15, 0.2) is 42.5 Å². The van der Waals surface area contributed by atoms with E-state index in [9.17, 15) is 4.79 Å². The van der Waals surface area contributed by atoms with Gasteiger partial charge in [-0.1, -0.05) is 12.1 Å². The molecular weight excluding hydrogens is 332 g/mol. The summed E-state index contributed by atoms with van der Waals surface area (Å²) in [6.45, 7) is 1.68. The minimum absolute atomic E-state index is 0.0204. The van der Waals surface area contributed by atoms with Gasteiger partial charge in [-0.15, -0.1) is 11.3 Å². The summed E-state index contributed by atoms with van der Waals surface area (Å²) in [5.41, 5.74) is 3.50. The number of anilines is 1. The predicted octanol–water partition coefficient (Wildman–Crippen LogP) is 4.63. The van der Waals surface area contributed by atoms with E-state index in [0.29, 0.717) is 0 Å². The lowest BCUT2D eigenvalue weighted by Gasteiger charge is -2.16. The maximum atomic E-state index is 12.3. The highest BCUT2D eigenvalue weighted by atomic mass is 32.1. The molecule has 4 aromatic rings. The number of carbonyl (C=O) groups is 1. The first-order chi connectivity index (χ1) is 12.3. The van der Waals surface area contributed by atoms with Crippen molar-refractivity contribution in [1.29, 1.82) is 0 Å². The molecule has 3 heterocycles. The van der Waals surface area contributed by atoms with Crippen LogP contribution in [0.4, 0.5) is 10.5 Å². The minimum atomic E-state index is -0.0204. The van der Waals surface area contributed by atoms with Gasteiger partial charge in [-0.3, -0.25) is 0 Å². The Bertz CT molecular complexity index is 1110. The van der Waals surface area contributed by atoms with Crippen LogP contribution in [0.3, 0.4) is 0 Å². The van der Waals surface area contributed by atoms with Crippen LogP contribution in [0.25, 0.3) is 31.5 Å². The lowest BCUT2D eigenvalue weighted by atomic mass is 10.2. The maximum absolute atomic E-state index is 12.3. The summed E-state index contributed by atoms with van der Waals surface area (Å²) in [4.78, 5) is 24.6. The number of benzene rings is 2. The Morgan fingerprint density at radius 1 is 1.04 bits per heavy atom. The van der Waals surface area contributed by atoms with Gasteiger partial charge in [0, 0.05) is 28.9 Å². The van der Waals surface area contributed by atoms with Gasteiger partial charge in [-0.25, -0.2) is 14.8 Å². The fourth-order valence-electron chi connectivity index (χ4n) is 3.34. The Morgan fingerprint density at radius 3 is 2.60 bits per heavy atom. The van der Waals surface area contributed by atoms with Crippen LogP contribution in [-0.2, 0) is 0 Å². The van der Waals surface area contributed by atoms with Crippen molar-refractivity contribution in [2.75, 3.05) is 18.4 Å². The maximum Gasteiger partial charge on any atom is 0.321 e. The van der Waals surface area contributed by atoms with Gasteiger partial charge in [0.25, 0.3) is 0 Å². The number of fused-ring (bicyclic) bond motifs is 4. The Balaban J connectivity index is 1.59. The topological polar surface area (TPSA) is 58.1 Å². The fourth-order valence-corrected chi connectivity index (χ4v) is 4.35. The second kappa shape index (κ2) is 5.67. The molecule has 2 aromatic heterocycles. The Labute approximate surface area is 148 Å². The third-order valence-corrected chi connectivity index (χ3v) is 5.68. The number of rotatable bonds is 1. The predicted molar refractivity (Wildman–Crippen MR) is 102 cm³/mol. The number of likely N-dealkylation sites (tertiary alicyclic amines) is 1. The molecule has 124 valence electrons. The summed E-state index contributed by atoms with van der Waals surface area (Å²) in [6, 6.07) is 13.9. The standard InChI is InChI=1S/C19H16N4OS/c24-19(23-9-3-4-10-23)20-12-7-8-16-13(11-12)17-18(25-16)22-15-6-2-1-5-14(15)21-17/h1-2,5-8,11H,3-4,9-10H2,(H,20,24). The van der Waals surface area contributed by atoms with Crippen LogP contribution in [0.1, 0.15) is 12.8 Å². The number of carbonyl (C=O) groups excluding carboxylic acids is 1. The van der Waals surface area contributed by atoms with Crippen LogP contribution in [-0.4, -0.2) is 34.0 Å². The van der Waals surface area contributed by atoms with Crippen LogP contribution in [0, 0.1) is 0 Å². The molecule has 1 N–H and O–H groups in total. The van der Waals surface area contributed by atoms with Gasteiger partial charge in [-0.05, 0) is 43.2 Å². The van der Waals surface area contributed by atoms with E-state index < -0.39 is 0 Å². The minimum Gasteiger partial charge on any atom is -0.325 e. The van der Waals surface area contributed by atoms with Gasteiger partial charge in [0.1, 0.15) is 10.3 Å². The number of hydrogen-bond donors (Lipinski definition) is 1. The molecule has 5 rings (SSSR count). The summed E-state index contributed by atoms with van der Waals surface area (Å²) in [5.74, 6) is 0. The van der Waals surface area contributed by atoms with Crippen LogP contribution in [0.2, 0.25) is 0 Å². The number of nitrogens with zero attached hydrogens (tertiary/aromatic N) is 3. The zero-order chi connectivity index (χ0) is 16.8. The molecule has 1 fully saturated rings. The SMILES string of the molecule is O=C(Nc1ccc2sc3nc4ccccc4nc3c2c1)N1CCCC1. The summed E-state index contributed by atoms with van der Waals surface area (Å²) in [7, 11) is 0. The van der Waals surface area contributed by atoms with E-state index in [-0.39, 0.29) is 6.03 Å². The molecule has 0 bridgehead atoms. The molecule has 0 atom stereocenters. The second-order valence-electron chi connectivity index (χ2n) is 6.30. The highest BCUT2D eigenvalue weighted by Gasteiger charge is 2.18. The van der Waals surface area contributed by atoms with E-state index in [1.165, 1.54) is 0 Å². The molecule has 0 unspecified atom stereocenters. The van der Waals surface area contributed by atoms with E-state index in [0.717, 1.165) is 63.1 Å². The van der Waals surface area contributed by atoms with E-state index in [1.54, 1.807) is 11.3 Å². The largest absolute Gasteiger partial charge is 0.325 e. The van der Waals surface area contributed by atoms with Crippen molar-refractivity contribution < 1.29 is 4.79 Å². The first kappa shape index (κ1) is 14.6. The lowest BCUT2D eigenvalue weighted by Crippen LogP contribution is -2.32. The Hall–Kier alpha value is -2.73. The van der Waals surface area contributed by atoms with Gasteiger partial charge in [0.05, 0.1) is 11.0 Å². The molecule has 2 aromatic carbocycles. The van der Waals surface area contributed by atoms with Gasteiger partial charge in [0.15, 0.2) is 0 Å². The molecule has 2 amide bonds. The third-order valence-electron chi connectivity index (χ3n) is 4.62. The second-order valence-corrected chi connectivity index (χ2v) is 7.33. The summed E-state index contributed by atoms with van der Waals surface area (Å²) in [6.07, 6.45) is 2.18. The molecule has 1 aliphatic rings. The first-order valence-electron chi connectivity index (χ1n) is 8.43. The number of para-hydroxylation sites is 2. The normalized spacial score (nSPS) is 14.6. The zero-order valence-corrected chi connectivity index (χ0v) is 14.3. The van der Waals surface area contributed by atoms with Crippen molar-refractivity contribution in [3.63, 3.8) is 0 Å². The summed E-state index contributed by atoms with van der Waals surface area (Å²) in [5, 5.41) is 4.05. The zero-order valence-electron chi connectivity index (χ0n) is 13.5. The highest BCUT2D eigenvalue weighted by molar-refractivity contribution is 7.25. The third kappa shape index (κ3) is 2.49. The average Bonchev–Trinajstić information content (AvgIpc) is 3.27. The number of nitrogens with one attached hydrogen (secondary N) is 1. The van der Waals surface area contributed by atoms with Crippen molar-refractivity contribution in [2.24, 2.45) is 0 Å². The van der Waals surface area contributed by atoms with Crippen molar-refractivity contribution >= 4 is 54.5 Å². The summed E-state index contributed by atoms with van der Waals surface area (Å²) >= 11 is 1.63. The molecule has 1 aliphatic heterocycles. The number of thiophene rings is 1. The molecule has 0 aliphatic carbocycles. The number of hydrogen-bond acceptors (Lipinski definition) is 4. The van der Waals surface area contributed by atoms with E-state index in [4.69, 9.17) is 9.97 Å².